The monoisotopic (exact) mass is 314 g/mol. The van der Waals surface area contributed by atoms with Crippen molar-refractivity contribution in [2.24, 2.45) is 0 Å². The van der Waals surface area contributed by atoms with E-state index in [-0.39, 0.29) is 30.5 Å². The van der Waals surface area contributed by atoms with E-state index in [4.69, 9.17) is 23.4 Å². The summed E-state index contributed by atoms with van der Waals surface area (Å²) in [5.74, 6) is -0.870. The quantitative estimate of drug-likeness (QED) is 0.729. The Morgan fingerprint density at radius 2 is 1.76 bits per heavy atom. The molecule has 5 saturated heterocycles. The lowest BCUT2D eigenvalue weighted by molar-refractivity contribution is -0.347. The summed E-state index contributed by atoms with van der Waals surface area (Å²) < 4.78 is 31.3. The molecule has 0 radical (unpaired) electrons. The lowest BCUT2D eigenvalue weighted by atomic mass is 9.98. The van der Waals surface area contributed by atoms with Crippen LogP contribution < -0.4 is 0 Å². The highest BCUT2D eigenvalue weighted by atomic mass is 28.4. The molecule has 6 bridgehead atoms. The molecule has 6 unspecified atom stereocenters. The highest BCUT2D eigenvalue weighted by molar-refractivity contribution is 6.73. The molecule has 5 aliphatic rings. The van der Waals surface area contributed by atoms with Crippen LogP contribution in [0.2, 0.25) is 18.1 Å². The molecule has 5 nitrogen and oxygen atoms in total. The molecular weight excluding hydrogens is 288 g/mol. The van der Waals surface area contributed by atoms with Crippen molar-refractivity contribution in [1.29, 1.82) is 0 Å². The third kappa shape index (κ3) is 2.07. The van der Waals surface area contributed by atoms with Crippen LogP contribution in [0.1, 0.15) is 33.6 Å². The lowest BCUT2D eigenvalue weighted by Gasteiger charge is -2.40. The Kier molecular flexibility index (Phi) is 3.48. The van der Waals surface area contributed by atoms with Crippen LogP contribution in [-0.2, 0) is 23.4 Å². The van der Waals surface area contributed by atoms with E-state index in [1.165, 1.54) is 0 Å². The van der Waals surface area contributed by atoms with Crippen molar-refractivity contribution in [1.82, 2.24) is 0 Å². The van der Waals surface area contributed by atoms with Gasteiger partial charge in [-0.05, 0) is 24.6 Å². The van der Waals surface area contributed by atoms with Crippen molar-refractivity contribution >= 4 is 8.32 Å². The largest absolute Gasteiger partial charge is 0.372 e. The summed E-state index contributed by atoms with van der Waals surface area (Å²) >= 11 is 0. The summed E-state index contributed by atoms with van der Waals surface area (Å²) in [6.07, 6.45) is 1.73. The predicted molar refractivity (Wildman–Crippen MR) is 78.4 cm³/mol. The van der Waals surface area contributed by atoms with Crippen LogP contribution >= 0.6 is 0 Å². The smallest absolute Gasteiger partial charge is 0.276 e. The summed E-state index contributed by atoms with van der Waals surface area (Å²) in [6.45, 7) is 7.43. The highest BCUT2D eigenvalue weighted by Gasteiger charge is 2.67. The Hall–Kier alpha value is 0.0169. The summed E-state index contributed by atoms with van der Waals surface area (Å²) in [5, 5.41) is 0. The summed E-state index contributed by atoms with van der Waals surface area (Å²) in [6, 6.07) is 3.29. The van der Waals surface area contributed by atoms with Gasteiger partial charge < -0.3 is 23.4 Å². The Labute approximate surface area is 127 Å². The minimum absolute atomic E-state index is 0.0161. The van der Waals surface area contributed by atoms with Crippen molar-refractivity contribution < 1.29 is 23.4 Å². The van der Waals surface area contributed by atoms with Gasteiger partial charge in [-0.3, -0.25) is 0 Å². The van der Waals surface area contributed by atoms with Crippen molar-refractivity contribution in [2.45, 2.75) is 88.2 Å². The summed E-state index contributed by atoms with van der Waals surface area (Å²) in [7, 11) is -1.80. The topological polar surface area (TPSA) is 46.2 Å². The van der Waals surface area contributed by atoms with E-state index >= 15 is 0 Å². The third-order valence-electron chi connectivity index (χ3n) is 5.83. The molecule has 6 heteroatoms. The van der Waals surface area contributed by atoms with Gasteiger partial charge in [0.05, 0.1) is 18.6 Å². The van der Waals surface area contributed by atoms with Gasteiger partial charge in [-0.2, -0.15) is 0 Å². The average molecular weight is 314 g/mol. The van der Waals surface area contributed by atoms with Gasteiger partial charge in [-0.25, -0.2) is 0 Å². The minimum Gasteiger partial charge on any atom is -0.372 e. The van der Waals surface area contributed by atoms with Crippen molar-refractivity contribution in [2.75, 3.05) is 6.61 Å². The molecule has 0 aromatic heterocycles. The van der Waals surface area contributed by atoms with Gasteiger partial charge >= 0.3 is 0 Å². The molecule has 0 N–H and O–H groups in total. The van der Waals surface area contributed by atoms with E-state index in [1.807, 2.05) is 0 Å². The normalized spacial score (nSPS) is 47.9. The van der Waals surface area contributed by atoms with Crippen LogP contribution in [0.25, 0.3) is 0 Å². The fourth-order valence-corrected chi connectivity index (χ4v) is 7.13. The van der Waals surface area contributed by atoms with E-state index in [2.05, 4.69) is 20.8 Å². The molecule has 0 amide bonds. The van der Waals surface area contributed by atoms with Gasteiger partial charge in [0, 0.05) is 6.61 Å². The fraction of sp³-hybridized carbons (Fsp3) is 1.00. The summed E-state index contributed by atoms with van der Waals surface area (Å²) in [5.41, 5.74) is 0. The van der Waals surface area contributed by atoms with Gasteiger partial charge in [-0.15, -0.1) is 0 Å². The van der Waals surface area contributed by atoms with E-state index in [0.717, 1.165) is 31.2 Å². The zero-order valence-electron chi connectivity index (χ0n) is 13.2. The van der Waals surface area contributed by atoms with Crippen LogP contribution in [0.3, 0.4) is 0 Å². The maximum absolute atomic E-state index is 6.65. The molecule has 0 aromatic rings. The number of ether oxygens (including phenoxy) is 4. The van der Waals surface area contributed by atoms with E-state index in [0.29, 0.717) is 6.42 Å². The minimum atomic E-state index is -1.80. The van der Waals surface area contributed by atoms with E-state index in [1.54, 1.807) is 0 Å². The van der Waals surface area contributed by atoms with Crippen molar-refractivity contribution in [3.8, 4) is 0 Å². The van der Waals surface area contributed by atoms with Gasteiger partial charge in [0.15, 0.2) is 8.32 Å². The van der Waals surface area contributed by atoms with Gasteiger partial charge in [0.1, 0.15) is 18.3 Å². The third-order valence-corrected chi connectivity index (χ3v) is 10.4. The highest BCUT2D eigenvalue weighted by Crippen LogP contribution is 2.51. The molecular formula is C15H26O5Si. The lowest BCUT2D eigenvalue weighted by Crippen LogP contribution is -2.51. The molecule has 120 valence electrons. The van der Waals surface area contributed by atoms with Crippen LogP contribution in [0.15, 0.2) is 0 Å². The Morgan fingerprint density at radius 3 is 2.48 bits per heavy atom. The Morgan fingerprint density at radius 1 is 1.00 bits per heavy atom. The molecule has 5 rings (SSSR count). The predicted octanol–water partition coefficient (Wildman–Crippen LogP) is 2.41. The maximum atomic E-state index is 6.65. The van der Waals surface area contributed by atoms with Gasteiger partial charge in [0.25, 0.3) is 5.97 Å². The van der Waals surface area contributed by atoms with Crippen LogP contribution in [0.4, 0.5) is 0 Å². The molecule has 5 aliphatic heterocycles. The number of rotatable bonds is 5. The second-order valence-corrected chi connectivity index (χ2v) is 11.4. The van der Waals surface area contributed by atoms with E-state index in [9.17, 15) is 0 Å². The molecule has 5 fully saturated rings. The fourth-order valence-electron chi connectivity index (χ4n) is 4.36. The Bertz CT molecular complexity index is 407. The number of hydrogen-bond acceptors (Lipinski definition) is 5. The first-order valence-electron chi connectivity index (χ1n) is 8.47. The number of hydrogen-bond donors (Lipinski definition) is 0. The van der Waals surface area contributed by atoms with Crippen molar-refractivity contribution in [3.05, 3.63) is 0 Å². The molecule has 6 atom stereocenters. The summed E-state index contributed by atoms with van der Waals surface area (Å²) in [4.78, 5) is 0. The second kappa shape index (κ2) is 5.01. The molecule has 0 aromatic carbocycles. The first-order valence-corrected chi connectivity index (χ1v) is 11.0. The molecule has 0 saturated carbocycles. The first kappa shape index (κ1) is 14.6. The Balaban J connectivity index is 1.63. The average Bonchev–Trinajstić information content (AvgIpc) is 2.92. The van der Waals surface area contributed by atoms with Crippen LogP contribution in [-0.4, -0.2) is 51.4 Å². The molecule has 0 aliphatic carbocycles. The van der Waals surface area contributed by atoms with Gasteiger partial charge in [0.2, 0.25) is 0 Å². The van der Waals surface area contributed by atoms with Crippen LogP contribution in [0.5, 0.6) is 0 Å². The van der Waals surface area contributed by atoms with Crippen LogP contribution in [0, 0.1) is 0 Å². The van der Waals surface area contributed by atoms with Crippen molar-refractivity contribution in [3.63, 3.8) is 0 Å². The first-order chi connectivity index (χ1) is 10.1. The molecule has 21 heavy (non-hydrogen) atoms. The maximum Gasteiger partial charge on any atom is 0.276 e. The molecule has 0 spiro atoms. The zero-order chi connectivity index (χ0) is 14.7. The SMILES string of the molecule is CC[Si](CC)(CC)OC12CC3OC4C(CCOC4C3O1)O2. The van der Waals surface area contributed by atoms with E-state index < -0.39 is 14.3 Å². The standard InChI is InChI=1S/C15H26O5Si/c1-4-21(5-2,6-3)20-15-9-11-13(19-15)14-12(17-11)10(18-15)7-8-16-14/h10-14H,4-9H2,1-3H3. The second-order valence-electron chi connectivity index (χ2n) is 6.73. The zero-order valence-corrected chi connectivity index (χ0v) is 14.2. The molecule has 5 heterocycles. The van der Waals surface area contributed by atoms with Gasteiger partial charge in [-0.1, -0.05) is 20.8 Å².